The number of rotatable bonds is 4. The molecule has 0 spiro atoms. The maximum absolute atomic E-state index is 2.38. The lowest BCUT2D eigenvalue weighted by atomic mass is 9.35. The van der Waals surface area contributed by atoms with Crippen LogP contribution in [0.25, 0.3) is 0 Å². The van der Waals surface area contributed by atoms with Gasteiger partial charge in [-0.15, -0.1) is 0 Å². The second-order valence-electron chi connectivity index (χ2n) is 5.84. The zero-order valence-corrected chi connectivity index (χ0v) is 9.99. The van der Waals surface area contributed by atoms with Crippen LogP contribution in [0.3, 0.4) is 0 Å². The summed E-state index contributed by atoms with van der Waals surface area (Å²) in [5.74, 6) is 0. The Morgan fingerprint density at radius 2 is 1.50 bits per heavy atom. The van der Waals surface area contributed by atoms with Crippen LogP contribution >= 0.6 is 0 Å². The molecule has 0 aromatic rings. The highest BCUT2D eigenvalue weighted by atomic mass is 14.3. The van der Waals surface area contributed by atoms with Crippen LogP contribution in [0, 0.1) is 5.41 Å². The highest BCUT2D eigenvalue weighted by Gasteiger charge is 2.31. The van der Waals surface area contributed by atoms with Crippen molar-refractivity contribution in [1.82, 2.24) is 0 Å². The topological polar surface area (TPSA) is 0 Å². The fourth-order valence-corrected chi connectivity index (χ4v) is 1.56. The molecule has 0 atom stereocenters. The maximum Gasteiger partial charge on any atom is 0.139 e. The molecule has 0 radical (unpaired) electrons. The molecule has 0 unspecified atom stereocenters. The van der Waals surface area contributed by atoms with Crippen molar-refractivity contribution >= 4 is 14.6 Å². The summed E-state index contributed by atoms with van der Waals surface area (Å²) in [6.07, 6.45) is 2.61. The van der Waals surface area contributed by atoms with Crippen molar-refractivity contribution in [2.75, 3.05) is 0 Å². The third kappa shape index (κ3) is 3.69. The first kappa shape index (κ1) is 12.1. The second kappa shape index (κ2) is 3.89. The van der Waals surface area contributed by atoms with Gasteiger partial charge in [0.1, 0.15) is 14.6 Å². The van der Waals surface area contributed by atoms with E-state index in [-0.39, 0.29) is 0 Å². The molecule has 0 nitrogen and oxygen atoms in total. The van der Waals surface area contributed by atoms with Gasteiger partial charge >= 0.3 is 0 Å². The second-order valence-corrected chi connectivity index (χ2v) is 5.84. The fraction of sp³-hybridized carbons (Fsp3) is 1.00. The molecule has 0 fully saturated rings. The zero-order valence-electron chi connectivity index (χ0n) is 9.99. The first-order chi connectivity index (χ1) is 5.21. The van der Waals surface area contributed by atoms with Gasteiger partial charge in [-0.25, -0.2) is 0 Å². The molecule has 70 valence electrons. The van der Waals surface area contributed by atoms with E-state index in [4.69, 9.17) is 0 Å². The van der Waals surface area contributed by atoms with Gasteiger partial charge in [-0.3, -0.25) is 0 Å². The Morgan fingerprint density at radius 1 is 1.08 bits per heavy atom. The van der Waals surface area contributed by atoms with Crippen LogP contribution in [0.5, 0.6) is 0 Å². The summed E-state index contributed by atoms with van der Waals surface area (Å²) in [5.41, 5.74) is 0.508. The first-order valence-corrected chi connectivity index (χ1v) is 5.21. The smallest absolute Gasteiger partial charge is 0.0859 e. The Morgan fingerprint density at radius 3 is 1.75 bits per heavy atom. The summed E-state index contributed by atoms with van der Waals surface area (Å²) in [6.45, 7) is 14.9. The minimum atomic E-state index is 0.486. The molecule has 0 amide bonds. The zero-order chi connectivity index (χ0) is 9.99. The van der Waals surface area contributed by atoms with Crippen LogP contribution in [0.1, 0.15) is 34.1 Å². The molecule has 0 aliphatic heterocycles. The summed E-state index contributed by atoms with van der Waals surface area (Å²) in [5, 5.41) is 0.486. The molecule has 0 aromatic heterocycles. The van der Waals surface area contributed by atoms with E-state index in [1.165, 1.54) is 12.7 Å². The summed E-state index contributed by atoms with van der Waals surface area (Å²) in [6, 6.07) is 0. The van der Waals surface area contributed by atoms with Crippen molar-refractivity contribution in [3.8, 4) is 0 Å². The Hall–Kier alpha value is 0.130. The standard InChI is InChI=1S/C10H24B2/c1-9(2,8-11)7-10(3,4)12(5)6/h7-8,11H2,1-6H3. The third-order valence-electron chi connectivity index (χ3n) is 3.45. The fourth-order valence-electron chi connectivity index (χ4n) is 1.56. The SMILES string of the molecule is BCC(C)(C)CC(C)(C)B(C)C. The van der Waals surface area contributed by atoms with Crippen molar-refractivity contribution in [3.63, 3.8) is 0 Å². The Kier molecular flexibility index (Phi) is 3.93. The van der Waals surface area contributed by atoms with Crippen LogP contribution in [-0.2, 0) is 0 Å². The van der Waals surface area contributed by atoms with Gasteiger partial charge in [0, 0.05) is 0 Å². The molecule has 0 saturated heterocycles. The normalized spacial score (nSPS) is 13.2. The molecule has 0 aliphatic rings. The largest absolute Gasteiger partial charge is 0.139 e. The van der Waals surface area contributed by atoms with E-state index in [9.17, 15) is 0 Å². The summed E-state index contributed by atoms with van der Waals surface area (Å²) in [4.78, 5) is 0. The maximum atomic E-state index is 2.38. The van der Waals surface area contributed by atoms with Gasteiger partial charge in [0.15, 0.2) is 0 Å². The van der Waals surface area contributed by atoms with E-state index in [2.05, 4.69) is 49.2 Å². The molecule has 0 saturated carbocycles. The van der Waals surface area contributed by atoms with E-state index in [1.807, 2.05) is 0 Å². The third-order valence-corrected chi connectivity index (χ3v) is 3.45. The van der Waals surface area contributed by atoms with E-state index >= 15 is 0 Å². The molecular weight excluding hydrogens is 142 g/mol. The van der Waals surface area contributed by atoms with Gasteiger partial charge < -0.3 is 0 Å². The Balaban J connectivity index is 4.23. The molecule has 0 heterocycles. The number of hydrogen-bond donors (Lipinski definition) is 0. The van der Waals surface area contributed by atoms with E-state index in [0.717, 1.165) is 6.71 Å². The van der Waals surface area contributed by atoms with Crippen molar-refractivity contribution < 1.29 is 0 Å². The van der Waals surface area contributed by atoms with Crippen LogP contribution in [0.15, 0.2) is 0 Å². The van der Waals surface area contributed by atoms with Gasteiger partial charge in [-0.2, -0.15) is 0 Å². The van der Waals surface area contributed by atoms with Crippen molar-refractivity contribution in [2.45, 2.75) is 59.4 Å². The lowest BCUT2D eigenvalue weighted by molar-refractivity contribution is 0.327. The van der Waals surface area contributed by atoms with Gasteiger partial charge in [0.05, 0.1) is 0 Å². The van der Waals surface area contributed by atoms with Crippen LogP contribution in [-0.4, -0.2) is 14.6 Å². The van der Waals surface area contributed by atoms with Gasteiger partial charge in [0.2, 0.25) is 0 Å². The molecule has 0 aromatic carbocycles. The van der Waals surface area contributed by atoms with Gasteiger partial charge in [-0.05, 0) is 5.41 Å². The van der Waals surface area contributed by atoms with E-state index < -0.39 is 0 Å². The van der Waals surface area contributed by atoms with E-state index in [0.29, 0.717) is 10.7 Å². The highest BCUT2D eigenvalue weighted by molar-refractivity contribution is 6.59. The lowest BCUT2D eigenvalue weighted by Crippen LogP contribution is -2.27. The minimum absolute atomic E-state index is 0.486. The Labute approximate surface area is 80.0 Å². The molecular formula is C10H24B2. The molecule has 12 heavy (non-hydrogen) atoms. The van der Waals surface area contributed by atoms with Crippen molar-refractivity contribution in [3.05, 3.63) is 0 Å². The lowest BCUT2D eigenvalue weighted by Gasteiger charge is -2.36. The van der Waals surface area contributed by atoms with Crippen LogP contribution in [0.4, 0.5) is 0 Å². The molecule has 0 bridgehead atoms. The monoisotopic (exact) mass is 166 g/mol. The van der Waals surface area contributed by atoms with Gasteiger partial charge in [0.25, 0.3) is 0 Å². The van der Waals surface area contributed by atoms with Crippen molar-refractivity contribution in [1.29, 1.82) is 0 Å². The first-order valence-electron chi connectivity index (χ1n) is 5.21. The Bertz CT molecular complexity index is 137. The van der Waals surface area contributed by atoms with Crippen LogP contribution in [0.2, 0.25) is 25.3 Å². The molecule has 0 aliphatic carbocycles. The quantitative estimate of drug-likeness (QED) is 0.563. The predicted molar refractivity (Wildman–Crippen MR) is 63.3 cm³/mol. The van der Waals surface area contributed by atoms with Gasteiger partial charge in [-0.1, -0.05) is 59.4 Å². The molecule has 2 heteroatoms. The van der Waals surface area contributed by atoms with E-state index in [1.54, 1.807) is 0 Å². The average molecular weight is 166 g/mol. The minimum Gasteiger partial charge on any atom is -0.0859 e. The highest BCUT2D eigenvalue weighted by Crippen LogP contribution is 2.42. The van der Waals surface area contributed by atoms with Crippen molar-refractivity contribution in [2.24, 2.45) is 5.41 Å². The average Bonchev–Trinajstić information content (AvgIpc) is 1.85. The summed E-state index contributed by atoms with van der Waals surface area (Å²) >= 11 is 0. The molecule has 0 N–H and O–H groups in total. The number of hydrogen-bond acceptors (Lipinski definition) is 0. The predicted octanol–water partition coefficient (Wildman–Crippen LogP) is 2.99. The summed E-state index contributed by atoms with van der Waals surface area (Å²) in [7, 11) is 2.29. The summed E-state index contributed by atoms with van der Waals surface area (Å²) < 4.78 is 0. The van der Waals surface area contributed by atoms with Crippen LogP contribution < -0.4 is 0 Å². The molecule has 0 rings (SSSR count).